The molecule has 1 atom stereocenters. The van der Waals surface area contributed by atoms with E-state index in [9.17, 15) is 9.59 Å². The lowest BCUT2D eigenvalue weighted by molar-refractivity contribution is 0.0936. The van der Waals surface area contributed by atoms with Crippen molar-refractivity contribution in [1.82, 2.24) is 15.2 Å². The standard InChI is InChI=1S/C23H33N3O2/c1-7-9-19-21(16(4)27)15(3)25-22(19)23(28)24-14-20(26(5)6)18-12-10-17(8-2)11-13-18/h10-13,20,25H,7-9,14H2,1-6H3,(H,24,28). The summed E-state index contributed by atoms with van der Waals surface area (Å²) in [5, 5.41) is 3.06. The van der Waals surface area contributed by atoms with E-state index >= 15 is 0 Å². The van der Waals surface area contributed by atoms with Gasteiger partial charge in [-0.2, -0.15) is 0 Å². The Bertz CT molecular complexity index is 819. The summed E-state index contributed by atoms with van der Waals surface area (Å²) in [6, 6.07) is 8.61. The first-order valence-corrected chi connectivity index (χ1v) is 10.1. The third kappa shape index (κ3) is 4.90. The first kappa shape index (κ1) is 21.9. The molecule has 1 aromatic heterocycles. The second-order valence-corrected chi connectivity index (χ2v) is 7.57. The van der Waals surface area contributed by atoms with E-state index in [-0.39, 0.29) is 17.7 Å². The molecular formula is C23H33N3O2. The van der Waals surface area contributed by atoms with Crippen LogP contribution in [0.4, 0.5) is 0 Å². The number of hydrogen-bond donors (Lipinski definition) is 2. The van der Waals surface area contributed by atoms with E-state index in [1.807, 2.05) is 21.0 Å². The highest BCUT2D eigenvalue weighted by Gasteiger charge is 2.23. The molecule has 28 heavy (non-hydrogen) atoms. The monoisotopic (exact) mass is 383 g/mol. The van der Waals surface area contributed by atoms with Crippen molar-refractivity contribution in [2.75, 3.05) is 20.6 Å². The van der Waals surface area contributed by atoms with Gasteiger partial charge in [0.1, 0.15) is 5.69 Å². The number of ketones is 1. The fraction of sp³-hybridized carbons (Fsp3) is 0.478. The molecule has 1 unspecified atom stereocenters. The molecule has 0 aliphatic rings. The summed E-state index contributed by atoms with van der Waals surface area (Å²) in [7, 11) is 4.03. The Kier molecular flexibility index (Phi) is 7.58. The molecule has 0 aliphatic carbocycles. The third-order valence-electron chi connectivity index (χ3n) is 5.22. The van der Waals surface area contributed by atoms with Crippen LogP contribution in [0.1, 0.15) is 76.5 Å². The Morgan fingerprint density at radius 3 is 2.29 bits per heavy atom. The maximum Gasteiger partial charge on any atom is 0.268 e. The number of likely N-dealkylation sites (N-methyl/N-ethyl adjacent to an activating group) is 1. The summed E-state index contributed by atoms with van der Waals surface area (Å²) in [5.74, 6) is -0.158. The van der Waals surface area contributed by atoms with Crippen LogP contribution in [0, 0.1) is 6.92 Å². The first-order valence-electron chi connectivity index (χ1n) is 10.1. The number of carbonyl (C=O) groups excluding carboxylic acids is 2. The van der Waals surface area contributed by atoms with Crippen LogP contribution in [0.5, 0.6) is 0 Å². The summed E-state index contributed by atoms with van der Waals surface area (Å²) < 4.78 is 0. The zero-order chi connectivity index (χ0) is 20.8. The molecule has 0 spiro atoms. The molecule has 5 nitrogen and oxygen atoms in total. The van der Waals surface area contributed by atoms with Gasteiger partial charge in [0.15, 0.2) is 5.78 Å². The lowest BCUT2D eigenvalue weighted by Gasteiger charge is -2.25. The Labute approximate surface area is 168 Å². The number of Topliss-reactive ketones (excluding diaryl/α,β-unsaturated/α-hetero) is 1. The maximum atomic E-state index is 12.9. The quantitative estimate of drug-likeness (QED) is 0.642. The zero-order valence-electron chi connectivity index (χ0n) is 18.0. The predicted octanol–water partition coefficient (Wildman–Crippen LogP) is 4.07. The van der Waals surface area contributed by atoms with Crippen LogP contribution in [0.3, 0.4) is 0 Å². The number of nitrogens with one attached hydrogen (secondary N) is 2. The van der Waals surface area contributed by atoms with E-state index in [1.54, 1.807) is 6.92 Å². The van der Waals surface area contributed by atoms with Gasteiger partial charge in [0.05, 0.1) is 6.04 Å². The number of H-pyrrole nitrogens is 1. The van der Waals surface area contributed by atoms with Gasteiger partial charge in [0.25, 0.3) is 5.91 Å². The number of aromatic nitrogens is 1. The maximum absolute atomic E-state index is 12.9. The van der Waals surface area contributed by atoms with Crippen molar-refractivity contribution in [2.45, 2.75) is 53.0 Å². The van der Waals surface area contributed by atoms with Gasteiger partial charge in [0, 0.05) is 17.8 Å². The molecule has 0 fully saturated rings. The second kappa shape index (κ2) is 9.69. The van der Waals surface area contributed by atoms with Gasteiger partial charge in [-0.25, -0.2) is 0 Å². The number of aryl methyl sites for hydroxylation is 2. The molecule has 2 aromatic rings. The van der Waals surface area contributed by atoms with Crippen molar-refractivity contribution < 1.29 is 9.59 Å². The minimum absolute atomic E-state index is 0.00145. The van der Waals surface area contributed by atoms with Gasteiger partial charge in [-0.15, -0.1) is 0 Å². The topological polar surface area (TPSA) is 65.2 Å². The molecular weight excluding hydrogens is 350 g/mol. The highest BCUT2D eigenvalue weighted by molar-refractivity contribution is 6.02. The second-order valence-electron chi connectivity index (χ2n) is 7.57. The Balaban J connectivity index is 2.21. The molecule has 0 saturated heterocycles. The summed E-state index contributed by atoms with van der Waals surface area (Å²) in [6.45, 7) is 8.09. The Morgan fingerprint density at radius 1 is 1.14 bits per heavy atom. The number of nitrogens with zero attached hydrogens (tertiary/aromatic N) is 1. The third-order valence-corrected chi connectivity index (χ3v) is 5.22. The van der Waals surface area contributed by atoms with Gasteiger partial charge in [-0.1, -0.05) is 44.5 Å². The minimum Gasteiger partial charge on any atom is -0.354 e. The minimum atomic E-state index is -0.156. The largest absolute Gasteiger partial charge is 0.354 e. The van der Waals surface area contributed by atoms with E-state index in [2.05, 4.69) is 53.3 Å². The average Bonchev–Trinajstić information content (AvgIpc) is 2.98. The SMILES string of the molecule is CCCc1c(C(=O)NCC(c2ccc(CC)cc2)N(C)C)[nH]c(C)c1C(C)=O. The summed E-state index contributed by atoms with van der Waals surface area (Å²) in [5.41, 5.74) is 5.24. The molecule has 2 N–H and O–H groups in total. The number of carbonyl (C=O) groups is 2. The van der Waals surface area contributed by atoms with E-state index in [0.717, 1.165) is 24.1 Å². The summed E-state index contributed by atoms with van der Waals surface area (Å²) >= 11 is 0. The first-order chi connectivity index (χ1) is 13.3. The van der Waals surface area contributed by atoms with Crippen LogP contribution in [-0.2, 0) is 12.8 Å². The number of rotatable bonds is 9. The molecule has 0 radical (unpaired) electrons. The molecule has 1 heterocycles. The van der Waals surface area contributed by atoms with Crippen LogP contribution >= 0.6 is 0 Å². The fourth-order valence-electron chi connectivity index (χ4n) is 3.70. The molecule has 152 valence electrons. The zero-order valence-corrected chi connectivity index (χ0v) is 18.0. The predicted molar refractivity (Wildman–Crippen MR) is 114 cm³/mol. The van der Waals surface area contributed by atoms with Crippen LogP contribution in [0.2, 0.25) is 0 Å². The van der Waals surface area contributed by atoms with E-state index in [4.69, 9.17) is 0 Å². The Hall–Kier alpha value is -2.40. The average molecular weight is 384 g/mol. The lowest BCUT2D eigenvalue weighted by Crippen LogP contribution is -2.35. The molecule has 5 heteroatoms. The van der Waals surface area contributed by atoms with Crippen LogP contribution in [-0.4, -0.2) is 42.2 Å². The van der Waals surface area contributed by atoms with Gasteiger partial charge in [-0.3, -0.25) is 9.59 Å². The highest BCUT2D eigenvalue weighted by Crippen LogP contribution is 2.22. The van der Waals surface area contributed by atoms with Crippen LogP contribution in [0.15, 0.2) is 24.3 Å². The number of amides is 1. The van der Waals surface area contributed by atoms with Crippen LogP contribution in [0.25, 0.3) is 0 Å². The Morgan fingerprint density at radius 2 is 1.79 bits per heavy atom. The molecule has 2 rings (SSSR count). The number of aromatic amines is 1. The number of benzene rings is 1. The van der Waals surface area contributed by atoms with Crippen LogP contribution < -0.4 is 5.32 Å². The fourth-order valence-corrected chi connectivity index (χ4v) is 3.70. The lowest BCUT2D eigenvalue weighted by atomic mass is 10.0. The normalized spacial score (nSPS) is 12.2. The summed E-state index contributed by atoms with van der Waals surface area (Å²) in [6.07, 6.45) is 2.59. The van der Waals surface area contributed by atoms with E-state index in [0.29, 0.717) is 24.2 Å². The van der Waals surface area contributed by atoms with E-state index < -0.39 is 0 Å². The molecule has 0 bridgehead atoms. The molecule has 0 aliphatic heterocycles. The van der Waals surface area contributed by atoms with Gasteiger partial charge in [-0.05, 0) is 57.5 Å². The van der Waals surface area contributed by atoms with Gasteiger partial charge in [0.2, 0.25) is 0 Å². The van der Waals surface area contributed by atoms with Gasteiger partial charge < -0.3 is 15.2 Å². The molecule has 0 saturated carbocycles. The van der Waals surface area contributed by atoms with Crippen molar-refractivity contribution >= 4 is 11.7 Å². The van der Waals surface area contributed by atoms with Gasteiger partial charge >= 0.3 is 0 Å². The van der Waals surface area contributed by atoms with Crippen molar-refractivity contribution in [1.29, 1.82) is 0 Å². The number of hydrogen-bond acceptors (Lipinski definition) is 3. The summed E-state index contributed by atoms with van der Waals surface area (Å²) in [4.78, 5) is 30.2. The molecule has 1 aromatic carbocycles. The van der Waals surface area contributed by atoms with E-state index in [1.165, 1.54) is 11.1 Å². The molecule has 1 amide bonds. The highest BCUT2D eigenvalue weighted by atomic mass is 16.2. The van der Waals surface area contributed by atoms with Crippen molar-refractivity contribution in [3.63, 3.8) is 0 Å². The smallest absolute Gasteiger partial charge is 0.268 e. The van der Waals surface area contributed by atoms with Crippen molar-refractivity contribution in [3.8, 4) is 0 Å². The van der Waals surface area contributed by atoms with Crippen molar-refractivity contribution in [3.05, 3.63) is 57.9 Å². The van der Waals surface area contributed by atoms with Crippen molar-refractivity contribution in [2.24, 2.45) is 0 Å².